The predicted molar refractivity (Wildman–Crippen MR) is 85.0 cm³/mol. The normalized spacial score (nSPS) is 31.7. The molecule has 0 bridgehead atoms. The van der Waals surface area contributed by atoms with Gasteiger partial charge in [-0.05, 0) is 13.8 Å². The molecule has 1 aliphatic rings. The number of hydrogen-bond acceptors (Lipinski definition) is 7. The van der Waals surface area contributed by atoms with Crippen LogP contribution in [0.3, 0.4) is 0 Å². The highest BCUT2D eigenvalue weighted by Crippen LogP contribution is 2.30. The highest BCUT2D eigenvalue weighted by atomic mass is 32.1. The van der Waals surface area contributed by atoms with Gasteiger partial charge >= 0.3 is 5.97 Å². The zero-order valence-corrected chi connectivity index (χ0v) is 14.3. The maximum Gasteiger partial charge on any atom is 0.303 e. The van der Waals surface area contributed by atoms with Crippen LogP contribution < -0.4 is 0 Å². The molecule has 6 nitrogen and oxygen atoms in total. The van der Waals surface area contributed by atoms with Crippen molar-refractivity contribution in [2.45, 2.75) is 50.6 Å². The smallest absolute Gasteiger partial charge is 0.303 e. The zero-order valence-electron chi connectivity index (χ0n) is 13.4. The Bertz CT molecular complexity index is 351. The molecule has 0 unspecified atom stereocenters. The summed E-state index contributed by atoms with van der Waals surface area (Å²) in [5, 5.41) is 0. The lowest BCUT2D eigenvalue weighted by Crippen LogP contribution is -2.60. The van der Waals surface area contributed by atoms with Crippen molar-refractivity contribution in [1.82, 2.24) is 0 Å². The van der Waals surface area contributed by atoms with Gasteiger partial charge in [0.05, 0.1) is 13.2 Å². The lowest BCUT2D eigenvalue weighted by atomic mass is 9.99. The molecule has 1 aliphatic heterocycles. The van der Waals surface area contributed by atoms with Crippen molar-refractivity contribution in [3.8, 4) is 0 Å². The molecule has 128 valence electrons. The first-order chi connectivity index (χ1) is 10.5. The van der Waals surface area contributed by atoms with Gasteiger partial charge in [0.1, 0.15) is 23.7 Å². The van der Waals surface area contributed by atoms with Gasteiger partial charge in [0, 0.05) is 20.1 Å². The molecular formula is C15H26O6S. The second-order valence-electron chi connectivity index (χ2n) is 4.81. The lowest BCUT2D eigenvalue weighted by molar-refractivity contribution is -0.240. The Balaban J connectivity index is 2.94. The first-order valence-corrected chi connectivity index (χ1v) is 7.99. The Morgan fingerprint density at radius 2 is 1.95 bits per heavy atom. The summed E-state index contributed by atoms with van der Waals surface area (Å²) in [5.41, 5.74) is -0.610. The maximum absolute atomic E-state index is 11.3. The van der Waals surface area contributed by atoms with E-state index in [4.69, 9.17) is 23.7 Å². The fourth-order valence-electron chi connectivity index (χ4n) is 2.34. The van der Waals surface area contributed by atoms with Crippen LogP contribution in [-0.4, -0.2) is 62.2 Å². The molecule has 0 radical (unpaired) electrons. The molecule has 1 saturated heterocycles. The number of ether oxygens (including phenoxy) is 5. The molecule has 1 rings (SSSR count). The van der Waals surface area contributed by atoms with E-state index in [-0.39, 0.29) is 6.10 Å². The molecular weight excluding hydrogens is 308 g/mol. The van der Waals surface area contributed by atoms with Crippen LogP contribution in [0, 0.1) is 0 Å². The summed E-state index contributed by atoms with van der Waals surface area (Å²) in [4.78, 5) is 11.3. The van der Waals surface area contributed by atoms with E-state index in [9.17, 15) is 4.79 Å². The fourth-order valence-corrected chi connectivity index (χ4v) is 2.73. The molecule has 22 heavy (non-hydrogen) atoms. The predicted octanol–water partition coefficient (Wildman–Crippen LogP) is 1.59. The highest BCUT2D eigenvalue weighted by molar-refractivity contribution is 7.80. The van der Waals surface area contributed by atoms with Crippen LogP contribution in [-0.2, 0) is 28.5 Å². The van der Waals surface area contributed by atoms with Gasteiger partial charge in [0.25, 0.3) is 0 Å². The second kappa shape index (κ2) is 10.2. The first kappa shape index (κ1) is 19.4. The second-order valence-corrected chi connectivity index (χ2v) is 5.31. The van der Waals surface area contributed by atoms with Crippen LogP contribution in [0.5, 0.6) is 0 Å². The van der Waals surface area contributed by atoms with E-state index in [2.05, 4.69) is 19.2 Å². The zero-order chi connectivity index (χ0) is 16.5. The van der Waals surface area contributed by atoms with Gasteiger partial charge in [-0.2, -0.15) is 0 Å². The van der Waals surface area contributed by atoms with Crippen LogP contribution in [0.2, 0.25) is 0 Å². The van der Waals surface area contributed by atoms with E-state index in [1.807, 2.05) is 13.8 Å². The average molecular weight is 334 g/mol. The number of esters is 1. The van der Waals surface area contributed by atoms with Gasteiger partial charge in [0.15, 0.2) is 6.10 Å². The fraction of sp³-hybridized carbons (Fsp3) is 0.800. The van der Waals surface area contributed by atoms with Crippen molar-refractivity contribution in [3.63, 3.8) is 0 Å². The van der Waals surface area contributed by atoms with Gasteiger partial charge < -0.3 is 23.7 Å². The van der Waals surface area contributed by atoms with Crippen LogP contribution >= 0.6 is 12.6 Å². The van der Waals surface area contributed by atoms with E-state index < -0.39 is 29.7 Å². The standard InChI is InChI=1S/C15H26O6S/c1-5-8-19-13-12(18-7-3)11(9-17-6-2)21-15(22)14(13)20-10(4)16/h5,11-15,22H,1,6-9H2,2-4H3/t11-,12+,13+,14-,15+/m1/s1. The summed E-state index contributed by atoms with van der Waals surface area (Å²) in [7, 11) is 0. The van der Waals surface area contributed by atoms with Gasteiger partial charge in [-0.3, -0.25) is 4.79 Å². The van der Waals surface area contributed by atoms with E-state index in [0.717, 1.165) is 0 Å². The molecule has 5 atom stereocenters. The lowest BCUT2D eigenvalue weighted by Gasteiger charge is -2.44. The molecule has 1 fully saturated rings. The van der Waals surface area contributed by atoms with Gasteiger partial charge in [-0.15, -0.1) is 19.2 Å². The van der Waals surface area contributed by atoms with Crippen LogP contribution in [0.1, 0.15) is 20.8 Å². The third kappa shape index (κ3) is 5.55. The van der Waals surface area contributed by atoms with Crippen LogP contribution in [0.25, 0.3) is 0 Å². The molecule has 0 saturated carbocycles. The third-order valence-electron chi connectivity index (χ3n) is 3.16. The molecule has 7 heteroatoms. The maximum atomic E-state index is 11.3. The van der Waals surface area contributed by atoms with Crippen molar-refractivity contribution in [1.29, 1.82) is 0 Å². The molecule has 0 spiro atoms. The Morgan fingerprint density at radius 1 is 1.23 bits per heavy atom. The van der Waals surface area contributed by atoms with Crippen LogP contribution in [0.15, 0.2) is 12.7 Å². The average Bonchev–Trinajstić information content (AvgIpc) is 2.47. The van der Waals surface area contributed by atoms with Gasteiger partial charge in [0.2, 0.25) is 0 Å². The molecule has 0 aromatic rings. The molecule has 1 heterocycles. The van der Waals surface area contributed by atoms with Crippen molar-refractivity contribution in [2.24, 2.45) is 0 Å². The Kier molecular flexibility index (Phi) is 9.04. The summed E-state index contributed by atoms with van der Waals surface area (Å²) in [6.45, 7) is 10.5. The summed E-state index contributed by atoms with van der Waals surface area (Å²) in [6, 6.07) is 0. The van der Waals surface area contributed by atoms with Crippen molar-refractivity contribution in [2.75, 3.05) is 26.4 Å². The largest absolute Gasteiger partial charge is 0.456 e. The van der Waals surface area contributed by atoms with Gasteiger partial charge in [-0.1, -0.05) is 6.08 Å². The van der Waals surface area contributed by atoms with E-state index in [0.29, 0.717) is 26.4 Å². The Hall–Kier alpha value is -0.600. The summed E-state index contributed by atoms with van der Waals surface area (Å²) < 4.78 is 28.1. The molecule has 0 aromatic heterocycles. The SMILES string of the molecule is C=CCO[C@@H]1[C@@H](OC(C)=O)[C@H](S)O[C@H](COCC)[C@@H]1OCC. The molecule has 0 N–H and O–H groups in total. The molecule has 0 aliphatic carbocycles. The summed E-state index contributed by atoms with van der Waals surface area (Å²) >= 11 is 4.39. The van der Waals surface area contributed by atoms with Crippen molar-refractivity contribution < 1.29 is 28.5 Å². The monoisotopic (exact) mass is 334 g/mol. The summed E-state index contributed by atoms with van der Waals surface area (Å²) in [6.07, 6.45) is -0.277. The minimum atomic E-state index is -0.657. The highest BCUT2D eigenvalue weighted by Gasteiger charge is 2.48. The van der Waals surface area contributed by atoms with Crippen molar-refractivity contribution >= 4 is 18.6 Å². The molecule has 0 amide bonds. The molecule has 0 aromatic carbocycles. The topological polar surface area (TPSA) is 63.2 Å². The summed E-state index contributed by atoms with van der Waals surface area (Å²) in [5.74, 6) is -0.418. The van der Waals surface area contributed by atoms with E-state index in [1.165, 1.54) is 6.92 Å². The van der Waals surface area contributed by atoms with E-state index in [1.54, 1.807) is 6.08 Å². The van der Waals surface area contributed by atoms with Crippen molar-refractivity contribution in [3.05, 3.63) is 12.7 Å². The van der Waals surface area contributed by atoms with Crippen LogP contribution in [0.4, 0.5) is 0 Å². The minimum absolute atomic E-state index is 0.313. The number of thiol groups is 1. The number of carbonyl (C=O) groups excluding carboxylic acids is 1. The number of carbonyl (C=O) groups is 1. The number of rotatable bonds is 9. The Morgan fingerprint density at radius 3 is 2.50 bits per heavy atom. The Labute approximate surface area is 137 Å². The van der Waals surface area contributed by atoms with E-state index >= 15 is 0 Å². The number of hydrogen-bond donors (Lipinski definition) is 1. The minimum Gasteiger partial charge on any atom is -0.456 e. The quantitative estimate of drug-likeness (QED) is 0.392. The first-order valence-electron chi connectivity index (χ1n) is 7.47. The third-order valence-corrected chi connectivity index (χ3v) is 3.58. The van der Waals surface area contributed by atoms with Gasteiger partial charge in [-0.25, -0.2) is 0 Å².